The molecule has 0 amide bonds. The number of aliphatic hydroxyl groups excluding tert-OH is 1. The number of allylic oxidation sites excluding steroid dienone is 2. The molecule has 50 heavy (non-hydrogen) atoms. The molecule has 6 heteroatoms. The van der Waals surface area contributed by atoms with Crippen molar-refractivity contribution < 1.29 is 30.0 Å². The number of aromatic nitrogens is 1. The maximum absolute atomic E-state index is 11.7. The molecule has 5 rings (SSSR count). The summed E-state index contributed by atoms with van der Waals surface area (Å²) < 4.78 is 1.25. The summed E-state index contributed by atoms with van der Waals surface area (Å²) in [6.45, 7) is 24.4. The number of nitrogens with zero attached hydrogens (tertiary/aromatic N) is 1. The summed E-state index contributed by atoms with van der Waals surface area (Å²) in [6, 6.07) is 26.0. The predicted molar refractivity (Wildman–Crippen MR) is 217 cm³/mol. The number of carbonyl (C=O) groups is 1. The summed E-state index contributed by atoms with van der Waals surface area (Å²) in [4.78, 5) is 17.9. The number of thiophene rings is 1. The van der Waals surface area contributed by atoms with E-state index in [9.17, 15) is 9.90 Å². The van der Waals surface area contributed by atoms with Gasteiger partial charge in [-0.25, -0.2) is 0 Å². The normalized spacial score (nSPS) is 12.3. The molecule has 0 bridgehead atoms. The van der Waals surface area contributed by atoms with Crippen molar-refractivity contribution in [3.63, 3.8) is 0 Å². The average molecular weight is 883 g/mol. The van der Waals surface area contributed by atoms with Crippen molar-refractivity contribution in [2.75, 3.05) is 0 Å². The molecule has 0 saturated carbocycles. The third-order valence-electron chi connectivity index (χ3n) is 9.79. The minimum atomic E-state index is -1.31. The summed E-state index contributed by atoms with van der Waals surface area (Å²) in [7, 11) is -1.31. The fourth-order valence-electron chi connectivity index (χ4n) is 6.49. The van der Waals surface area contributed by atoms with Crippen molar-refractivity contribution in [1.29, 1.82) is 0 Å². The molecule has 1 radical (unpaired) electrons. The summed E-state index contributed by atoms with van der Waals surface area (Å²) >= 11 is 1.86. The first-order valence-electron chi connectivity index (χ1n) is 18.0. The van der Waals surface area contributed by atoms with E-state index >= 15 is 0 Å². The van der Waals surface area contributed by atoms with Gasteiger partial charge in [-0.1, -0.05) is 127 Å². The van der Waals surface area contributed by atoms with Crippen molar-refractivity contribution in [3.05, 3.63) is 95.9 Å². The van der Waals surface area contributed by atoms with Crippen molar-refractivity contribution in [3.8, 4) is 21.7 Å². The van der Waals surface area contributed by atoms with Crippen LogP contribution in [0.4, 0.5) is 0 Å². The van der Waals surface area contributed by atoms with E-state index in [0.29, 0.717) is 0 Å². The Labute approximate surface area is 320 Å². The van der Waals surface area contributed by atoms with Gasteiger partial charge in [-0.2, -0.15) is 0 Å². The Kier molecular flexibility index (Phi) is 14.6. The first kappa shape index (κ1) is 41.5. The molecule has 5 aromatic rings. The molecular weight excluding hydrogens is 827 g/mol. The molecule has 3 nitrogen and oxygen atoms in total. The van der Waals surface area contributed by atoms with Gasteiger partial charge in [0.25, 0.3) is 0 Å². The molecule has 0 spiro atoms. The van der Waals surface area contributed by atoms with Crippen molar-refractivity contribution in [2.24, 2.45) is 11.8 Å². The quantitative estimate of drug-likeness (QED) is 0.0658. The summed E-state index contributed by atoms with van der Waals surface area (Å²) in [5.41, 5.74) is 6.12. The van der Waals surface area contributed by atoms with Crippen LogP contribution in [0.25, 0.3) is 42.6 Å². The Morgan fingerprint density at radius 2 is 1.50 bits per heavy atom. The molecule has 0 aliphatic rings. The topological polar surface area (TPSA) is 50.2 Å². The van der Waals surface area contributed by atoms with Crippen LogP contribution in [0.2, 0.25) is 19.6 Å². The molecule has 0 atom stereocenters. The van der Waals surface area contributed by atoms with E-state index in [1.54, 1.807) is 0 Å². The molecule has 0 aliphatic carbocycles. The second-order valence-corrected chi connectivity index (χ2v) is 21.4. The van der Waals surface area contributed by atoms with E-state index in [1.807, 2.05) is 45.2 Å². The van der Waals surface area contributed by atoms with Crippen LogP contribution in [0.1, 0.15) is 85.3 Å². The molecule has 0 unspecified atom stereocenters. The van der Waals surface area contributed by atoms with Crippen LogP contribution < -0.4 is 5.19 Å². The maximum Gasteiger partial charge on any atom is 0.162 e. The van der Waals surface area contributed by atoms with Crippen molar-refractivity contribution >= 4 is 51.2 Å². The van der Waals surface area contributed by atoms with Crippen LogP contribution in [0.3, 0.4) is 0 Å². The van der Waals surface area contributed by atoms with Crippen LogP contribution in [-0.4, -0.2) is 23.9 Å². The Hall–Kier alpha value is -2.89. The minimum Gasteiger partial charge on any atom is -0.512 e. The second-order valence-electron chi connectivity index (χ2n) is 15.3. The molecule has 2 heterocycles. The van der Waals surface area contributed by atoms with E-state index in [1.165, 1.54) is 48.3 Å². The van der Waals surface area contributed by atoms with Gasteiger partial charge in [0.1, 0.15) is 0 Å². The predicted octanol–water partition coefficient (Wildman–Crippen LogP) is 12.6. The molecular formula is C44H56IrNO2SSi-. The number of carbonyl (C=O) groups excluding carboxylic acids is 1. The Balaban J connectivity index is 0.000000361. The van der Waals surface area contributed by atoms with Gasteiger partial charge in [-0.15, -0.1) is 40.5 Å². The third-order valence-corrected chi connectivity index (χ3v) is 13.2. The molecule has 2 aromatic heterocycles. The number of rotatable bonds is 10. The zero-order chi connectivity index (χ0) is 36.1. The number of aryl methyl sites for hydroxylation is 1. The maximum atomic E-state index is 11.7. The van der Waals surface area contributed by atoms with E-state index in [2.05, 4.69) is 114 Å². The minimum absolute atomic E-state index is 0. The van der Waals surface area contributed by atoms with Gasteiger partial charge in [0.2, 0.25) is 0 Å². The van der Waals surface area contributed by atoms with E-state index < -0.39 is 8.07 Å². The van der Waals surface area contributed by atoms with Gasteiger partial charge in [-0.05, 0) is 60.6 Å². The standard InChI is InChI=1S/C31H32NSSi.C13H24O2.Ir/c1-20-25-16-17-32-28(23-18-22-10-8-9-11-26(22)27(19-23)31(2,3)4)30(25)33-29(20)21-12-14-24(15-13-21)34(5,6)7;1-5-10(6-2)12(14)9-13(15)11(7-3)8-4;/h8-17,19H,1-7H3;9-11,14H,5-8H2,1-4H3;/q-1;;/b;12-9-;. The third kappa shape index (κ3) is 9.50. The van der Waals surface area contributed by atoms with E-state index in [4.69, 9.17) is 4.98 Å². The molecule has 0 saturated heterocycles. The van der Waals surface area contributed by atoms with Crippen molar-refractivity contribution in [2.45, 2.75) is 106 Å². The number of hydrogen-bond donors (Lipinski definition) is 1. The smallest absolute Gasteiger partial charge is 0.162 e. The summed E-state index contributed by atoms with van der Waals surface area (Å²) in [6.07, 6.45) is 6.86. The van der Waals surface area contributed by atoms with Gasteiger partial charge in [0.05, 0.1) is 13.8 Å². The Morgan fingerprint density at radius 3 is 2.06 bits per heavy atom. The van der Waals surface area contributed by atoms with Crippen LogP contribution in [0, 0.1) is 24.8 Å². The Bertz CT molecular complexity index is 1920. The van der Waals surface area contributed by atoms with Crippen LogP contribution in [-0.2, 0) is 30.3 Å². The van der Waals surface area contributed by atoms with Gasteiger partial charge < -0.3 is 5.11 Å². The van der Waals surface area contributed by atoms with Crippen LogP contribution >= 0.6 is 11.3 Å². The van der Waals surface area contributed by atoms with Gasteiger partial charge >= 0.3 is 0 Å². The number of fused-ring (bicyclic) bond motifs is 2. The molecule has 3 aromatic carbocycles. The second kappa shape index (κ2) is 17.6. The average Bonchev–Trinajstić information content (AvgIpc) is 3.41. The number of pyridine rings is 1. The van der Waals surface area contributed by atoms with E-state index in [0.717, 1.165) is 42.3 Å². The zero-order valence-electron chi connectivity index (χ0n) is 32.0. The number of aliphatic hydroxyl groups is 1. The number of hydrogen-bond acceptors (Lipinski definition) is 4. The fraction of sp³-hybridized carbons (Fsp3) is 0.409. The van der Waals surface area contributed by atoms with Crippen LogP contribution in [0.15, 0.2) is 78.7 Å². The molecule has 1 N–H and O–H groups in total. The monoisotopic (exact) mass is 883 g/mol. The first-order chi connectivity index (χ1) is 23.1. The van der Waals surface area contributed by atoms with E-state index in [-0.39, 0.29) is 48.9 Å². The first-order valence-corrected chi connectivity index (χ1v) is 22.3. The SMILES string of the molecule is CCC(CC)C(=O)/C=C(\O)C(CC)CC.Cc1c(-c2ccc([Si](C)(C)C)cc2)sc2c(-c3[c-]c4ccccc4c(C(C)(C)C)c3)nccc12.[Ir]. The Morgan fingerprint density at radius 1 is 0.900 bits per heavy atom. The molecule has 0 fully saturated rings. The molecule has 269 valence electrons. The zero-order valence-corrected chi connectivity index (χ0v) is 36.2. The van der Waals surface area contributed by atoms with Gasteiger partial charge in [-0.3, -0.25) is 9.78 Å². The van der Waals surface area contributed by atoms with Crippen LogP contribution in [0.5, 0.6) is 0 Å². The number of benzene rings is 3. The largest absolute Gasteiger partial charge is 0.512 e. The van der Waals surface area contributed by atoms with Gasteiger partial charge in [0, 0.05) is 59.5 Å². The summed E-state index contributed by atoms with van der Waals surface area (Å²) in [5.74, 6) is 0.547. The summed E-state index contributed by atoms with van der Waals surface area (Å²) in [5, 5.41) is 15.0. The molecule has 0 aliphatic heterocycles. The number of ketones is 1. The fourth-order valence-corrected chi connectivity index (χ4v) is 8.97. The van der Waals surface area contributed by atoms with Gasteiger partial charge in [0.15, 0.2) is 5.78 Å². The van der Waals surface area contributed by atoms with Crippen molar-refractivity contribution in [1.82, 2.24) is 4.98 Å².